The molecule has 0 aromatic heterocycles. The molecule has 1 fully saturated rings. The Hall–Kier alpha value is -1.20. The van der Waals surface area contributed by atoms with Crippen LogP contribution >= 0.6 is 0 Å². The van der Waals surface area contributed by atoms with Crippen LogP contribution in [0.1, 0.15) is 50.5 Å². The number of unbranched alkanes of at least 4 members (excludes halogenated alkanes) is 1. The zero-order chi connectivity index (χ0) is 24.5. The van der Waals surface area contributed by atoms with E-state index in [0.29, 0.717) is 25.6 Å². The second kappa shape index (κ2) is 13.0. The van der Waals surface area contributed by atoms with Gasteiger partial charge in [0.05, 0.1) is 23.7 Å². The summed E-state index contributed by atoms with van der Waals surface area (Å²) in [4.78, 5) is 1.94. The maximum Gasteiger partial charge on any atom is 0.416 e. The van der Waals surface area contributed by atoms with Gasteiger partial charge in [0.25, 0.3) is 0 Å². The van der Waals surface area contributed by atoms with Crippen molar-refractivity contribution in [3.05, 3.63) is 29.8 Å². The van der Waals surface area contributed by atoms with Gasteiger partial charge in [0.2, 0.25) is 10.0 Å². The zero-order valence-corrected chi connectivity index (χ0v) is 20.1. The molecular formula is C23H37F3N2O4S. The van der Waals surface area contributed by atoms with Crippen LogP contribution in [0.25, 0.3) is 0 Å². The van der Waals surface area contributed by atoms with E-state index in [1.165, 1.54) is 11.4 Å². The molecule has 1 aromatic rings. The second-order valence-electron chi connectivity index (χ2n) is 8.98. The van der Waals surface area contributed by atoms with Gasteiger partial charge in [-0.3, -0.25) is 4.90 Å². The zero-order valence-electron chi connectivity index (χ0n) is 19.3. The van der Waals surface area contributed by atoms with E-state index in [0.717, 1.165) is 75.8 Å². The predicted octanol–water partition coefficient (Wildman–Crippen LogP) is 3.59. The molecule has 1 aliphatic rings. The van der Waals surface area contributed by atoms with Crippen molar-refractivity contribution in [3.63, 3.8) is 0 Å². The maximum absolute atomic E-state index is 12.8. The lowest BCUT2D eigenvalue weighted by Gasteiger charge is -2.31. The summed E-state index contributed by atoms with van der Waals surface area (Å²) in [7, 11) is -2.33. The highest BCUT2D eigenvalue weighted by Crippen LogP contribution is 2.33. The van der Waals surface area contributed by atoms with Crippen molar-refractivity contribution < 1.29 is 31.8 Å². The molecule has 0 saturated heterocycles. The Balaban J connectivity index is 1.75. The van der Waals surface area contributed by atoms with E-state index in [9.17, 15) is 21.6 Å². The van der Waals surface area contributed by atoms with Crippen LogP contribution in [-0.4, -0.2) is 74.3 Å². The van der Waals surface area contributed by atoms with E-state index < -0.39 is 21.8 Å². The number of hydrogen-bond donors (Lipinski definition) is 2. The number of nitrogens with zero attached hydrogens (tertiary/aromatic N) is 2. The molecule has 1 aromatic carbocycles. The van der Waals surface area contributed by atoms with Crippen molar-refractivity contribution >= 4 is 10.0 Å². The molecule has 0 unspecified atom stereocenters. The molecule has 190 valence electrons. The fourth-order valence-corrected chi connectivity index (χ4v) is 5.79. The van der Waals surface area contributed by atoms with E-state index in [1.807, 2.05) is 0 Å². The summed E-state index contributed by atoms with van der Waals surface area (Å²) in [5.74, 6) is 0.877. The third-order valence-corrected chi connectivity index (χ3v) is 8.38. The number of aliphatic hydroxyl groups excluding tert-OH is 2. The highest BCUT2D eigenvalue weighted by atomic mass is 32.2. The van der Waals surface area contributed by atoms with Gasteiger partial charge in [-0.25, -0.2) is 12.7 Å². The van der Waals surface area contributed by atoms with Gasteiger partial charge in [-0.1, -0.05) is 25.7 Å². The van der Waals surface area contributed by atoms with Crippen LogP contribution in [0, 0.1) is 11.8 Å². The highest BCUT2D eigenvalue weighted by molar-refractivity contribution is 7.89. The lowest BCUT2D eigenvalue weighted by Crippen LogP contribution is -2.33. The average Bonchev–Trinajstić information content (AvgIpc) is 2.77. The average molecular weight is 495 g/mol. The first-order valence-corrected chi connectivity index (χ1v) is 13.1. The number of alkyl halides is 3. The first-order chi connectivity index (χ1) is 15.6. The monoisotopic (exact) mass is 494 g/mol. The number of halogens is 3. The predicted molar refractivity (Wildman–Crippen MR) is 121 cm³/mol. The lowest BCUT2D eigenvalue weighted by atomic mass is 9.80. The van der Waals surface area contributed by atoms with Gasteiger partial charge in [0, 0.05) is 26.7 Å². The van der Waals surface area contributed by atoms with Gasteiger partial charge in [-0.05, 0) is 61.9 Å². The lowest BCUT2D eigenvalue weighted by molar-refractivity contribution is -0.137. The Morgan fingerprint density at radius 1 is 0.909 bits per heavy atom. The Kier molecular flexibility index (Phi) is 11.1. The van der Waals surface area contributed by atoms with Crippen molar-refractivity contribution in [1.29, 1.82) is 0 Å². The van der Waals surface area contributed by atoms with Crippen molar-refractivity contribution in [2.24, 2.45) is 11.8 Å². The molecule has 1 aliphatic carbocycles. The summed E-state index contributed by atoms with van der Waals surface area (Å²) in [5.41, 5.74) is -0.864. The largest absolute Gasteiger partial charge is 0.416 e. The molecule has 0 radical (unpaired) electrons. The van der Waals surface area contributed by atoms with E-state index in [1.54, 1.807) is 0 Å². The molecule has 0 aliphatic heterocycles. The van der Waals surface area contributed by atoms with E-state index in [4.69, 9.17) is 10.2 Å². The highest BCUT2D eigenvalue weighted by Gasteiger charge is 2.32. The molecule has 2 N–H and O–H groups in total. The van der Waals surface area contributed by atoms with Crippen LogP contribution < -0.4 is 0 Å². The summed E-state index contributed by atoms with van der Waals surface area (Å²) < 4.78 is 65.0. The minimum Gasteiger partial charge on any atom is -0.395 e. The molecule has 0 amide bonds. The second-order valence-corrected chi connectivity index (χ2v) is 11.0. The first kappa shape index (κ1) is 28.0. The van der Waals surface area contributed by atoms with Gasteiger partial charge in [0.1, 0.15) is 0 Å². The molecule has 10 heteroatoms. The smallest absolute Gasteiger partial charge is 0.395 e. The van der Waals surface area contributed by atoms with Gasteiger partial charge in [-0.15, -0.1) is 0 Å². The summed E-state index contributed by atoms with van der Waals surface area (Å²) in [5, 5.41) is 18.1. The standard InChI is InChI=1S/C23H37F3N2O4S/c1-27(33(31,32)22-11-9-21(10-12-22)23(24,25)26)18-20-7-5-19(6-8-20)4-2-3-13-28(14-16-29)15-17-30/h9-12,19-20,29-30H,2-8,13-18H2,1H3/t19-,20-. The van der Waals surface area contributed by atoms with E-state index in [-0.39, 0.29) is 24.0 Å². The molecule has 0 bridgehead atoms. The van der Waals surface area contributed by atoms with Crippen LogP contribution in [0.3, 0.4) is 0 Å². The summed E-state index contributed by atoms with van der Waals surface area (Å²) >= 11 is 0. The minimum atomic E-state index is -4.49. The van der Waals surface area contributed by atoms with Gasteiger partial charge < -0.3 is 10.2 Å². The van der Waals surface area contributed by atoms with Gasteiger partial charge in [0.15, 0.2) is 0 Å². The Morgan fingerprint density at radius 2 is 1.45 bits per heavy atom. The summed E-state index contributed by atoms with van der Waals surface area (Å²) in [6.07, 6.45) is 2.73. The van der Waals surface area contributed by atoms with Gasteiger partial charge >= 0.3 is 6.18 Å². The summed E-state index contributed by atoms with van der Waals surface area (Å²) in [6, 6.07) is 3.65. The molecule has 0 atom stereocenters. The molecule has 6 nitrogen and oxygen atoms in total. The Bertz CT molecular complexity index is 789. The summed E-state index contributed by atoms with van der Waals surface area (Å²) in [6.45, 7) is 2.57. The SMILES string of the molecule is CN(C[C@H]1CC[C@H](CCCCN(CCO)CCO)CC1)S(=O)(=O)c1ccc(C(F)(F)F)cc1. The van der Waals surface area contributed by atoms with Crippen LogP contribution in [0.5, 0.6) is 0 Å². The number of hydrogen-bond acceptors (Lipinski definition) is 5. The molecule has 0 heterocycles. The molecule has 0 spiro atoms. The van der Waals surface area contributed by atoms with Crippen LogP contribution in [0.2, 0.25) is 0 Å². The number of benzene rings is 1. The molecule has 1 saturated carbocycles. The number of sulfonamides is 1. The van der Waals surface area contributed by atoms with Crippen molar-refractivity contribution in [1.82, 2.24) is 9.21 Å². The third kappa shape index (κ3) is 8.83. The van der Waals surface area contributed by atoms with Crippen LogP contribution in [0.15, 0.2) is 29.2 Å². The van der Waals surface area contributed by atoms with Gasteiger partial charge in [-0.2, -0.15) is 13.2 Å². The van der Waals surface area contributed by atoms with Crippen LogP contribution in [-0.2, 0) is 16.2 Å². The molecular weight excluding hydrogens is 457 g/mol. The maximum atomic E-state index is 12.8. The first-order valence-electron chi connectivity index (χ1n) is 11.7. The minimum absolute atomic E-state index is 0.0903. The van der Waals surface area contributed by atoms with E-state index in [2.05, 4.69) is 4.90 Å². The van der Waals surface area contributed by atoms with Crippen molar-refractivity contribution in [3.8, 4) is 0 Å². The fourth-order valence-electron chi connectivity index (χ4n) is 4.55. The number of aliphatic hydroxyl groups is 2. The normalized spacial score (nSPS) is 20.0. The molecule has 2 rings (SSSR count). The van der Waals surface area contributed by atoms with Crippen LogP contribution in [0.4, 0.5) is 13.2 Å². The topological polar surface area (TPSA) is 81.1 Å². The Labute approximate surface area is 195 Å². The Morgan fingerprint density at radius 3 is 1.97 bits per heavy atom. The van der Waals surface area contributed by atoms with Crippen molar-refractivity contribution in [2.45, 2.75) is 56.0 Å². The third-order valence-electron chi connectivity index (χ3n) is 6.54. The van der Waals surface area contributed by atoms with E-state index >= 15 is 0 Å². The number of rotatable bonds is 13. The fraction of sp³-hybridized carbons (Fsp3) is 0.739. The quantitative estimate of drug-likeness (QED) is 0.410. The molecule has 33 heavy (non-hydrogen) atoms. The van der Waals surface area contributed by atoms with Crippen molar-refractivity contribution in [2.75, 3.05) is 46.4 Å².